The molecule has 1 aromatic rings. The minimum Gasteiger partial charge on any atom is -1.00 e. The number of rotatable bonds is 3. The van der Waals surface area contributed by atoms with Crippen LogP contribution in [-0.2, 0) is 0 Å². The maximum Gasteiger partial charge on any atom is 1.00 e. The monoisotopic (exact) mass is 269 g/mol. The molecule has 11 heteroatoms. The standard InChI is InChI=1S/C6H3N3O7.K.H/c10-4-2-1-3(7(11)12)5(8(13)14)6(4)9(15)16;;/h1-2,10H;;/q;+1;-1. The predicted molar refractivity (Wildman–Crippen MR) is 49.2 cm³/mol. The summed E-state index contributed by atoms with van der Waals surface area (Å²) in [6, 6.07) is 1.28. The Hall–Kier alpha value is -1.14. The molecule has 86 valence electrons. The second-order valence-electron chi connectivity index (χ2n) is 2.57. The summed E-state index contributed by atoms with van der Waals surface area (Å²) < 4.78 is 0. The van der Waals surface area contributed by atoms with E-state index in [0.717, 1.165) is 0 Å². The van der Waals surface area contributed by atoms with Gasteiger partial charge in [0.25, 0.3) is 0 Å². The molecular weight excluding hydrogens is 265 g/mol. The summed E-state index contributed by atoms with van der Waals surface area (Å²) >= 11 is 0. The Morgan fingerprint density at radius 1 is 0.941 bits per heavy atom. The SMILES string of the molecule is O=[N+]([O-])c1ccc(O)c([N+](=O)[O-])c1[N+](=O)[O-].[H-].[K+]. The van der Waals surface area contributed by atoms with Crippen molar-refractivity contribution in [3.8, 4) is 5.75 Å². The first kappa shape index (κ1) is 15.9. The second kappa shape index (κ2) is 5.97. The summed E-state index contributed by atoms with van der Waals surface area (Å²) in [7, 11) is 0. The minimum absolute atomic E-state index is 0. The van der Waals surface area contributed by atoms with Gasteiger partial charge in [-0.3, -0.25) is 30.3 Å². The number of nitro benzene ring substituents is 3. The first-order chi connectivity index (χ1) is 7.36. The maximum atomic E-state index is 10.5. The van der Waals surface area contributed by atoms with Gasteiger partial charge < -0.3 is 6.53 Å². The minimum atomic E-state index is -1.34. The van der Waals surface area contributed by atoms with Crippen LogP contribution < -0.4 is 51.4 Å². The van der Waals surface area contributed by atoms with Gasteiger partial charge in [-0.15, -0.1) is 0 Å². The molecule has 17 heavy (non-hydrogen) atoms. The summed E-state index contributed by atoms with van der Waals surface area (Å²) in [5.41, 5.74) is -3.68. The van der Waals surface area contributed by atoms with Gasteiger partial charge in [-0.05, 0) is 6.07 Å². The van der Waals surface area contributed by atoms with Gasteiger partial charge in [-0.2, -0.15) is 0 Å². The second-order valence-corrected chi connectivity index (χ2v) is 2.57. The molecule has 0 saturated carbocycles. The molecule has 0 bridgehead atoms. The summed E-state index contributed by atoms with van der Waals surface area (Å²) in [6.45, 7) is 0. The van der Waals surface area contributed by atoms with E-state index >= 15 is 0 Å². The van der Waals surface area contributed by atoms with E-state index in [9.17, 15) is 30.3 Å². The van der Waals surface area contributed by atoms with Gasteiger partial charge in [0, 0.05) is 6.07 Å². The van der Waals surface area contributed by atoms with Crippen molar-refractivity contribution in [3.63, 3.8) is 0 Å². The Bertz CT molecular complexity index is 508. The maximum absolute atomic E-state index is 10.5. The van der Waals surface area contributed by atoms with Crippen LogP contribution in [0, 0.1) is 30.3 Å². The quantitative estimate of drug-likeness (QED) is 0.387. The van der Waals surface area contributed by atoms with Gasteiger partial charge >= 0.3 is 68.4 Å². The van der Waals surface area contributed by atoms with Crippen molar-refractivity contribution in [2.24, 2.45) is 0 Å². The van der Waals surface area contributed by atoms with Crippen LogP contribution in [0.15, 0.2) is 12.1 Å². The van der Waals surface area contributed by atoms with Crippen LogP contribution in [-0.4, -0.2) is 19.9 Å². The van der Waals surface area contributed by atoms with E-state index in [-0.39, 0.29) is 52.8 Å². The number of phenolic OH excluding ortho intramolecular Hbond substituents is 1. The first-order valence-electron chi connectivity index (χ1n) is 3.65. The van der Waals surface area contributed by atoms with Gasteiger partial charge in [-0.25, -0.2) is 0 Å². The predicted octanol–water partition coefficient (Wildman–Crippen LogP) is -1.77. The molecule has 0 atom stereocenters. The van der Waals surface area contributed by atoms with Crippen molar-refractivity contribution >= 4 is 17.1 Å². The van der Waals surface area contributed by atoms with Crippen LogP contribution >= 0.6 is 0 Å². The molecule has 0 fully saturated rings. The summed E-state index contributed by atoms with van der Waals surface area (Å²) in [5.74, 6) is -0.998. The smallest absolute Gasteiger partial charge is 1.00 e. The van der Waals surface area contributed by atoms with E-state index in [0.29, 0.717) is 12.1 Å². The fourth-order valence-electron chi connectivity index (χ4n) is 1.07. The number of nitro groups is 3. The van der Waals surface area contributed by atoms with Crippen molar-refractivity contribution in [3.05, 3.63) is 42.5 Å². The molecule has 1 aromatic carbocycles. The third kappa shape index (κ3) is 3.16. The molecule has 0 unspecified atom stereocenters. The zero-order chi connectivity index (χ0) is 12.5. The van der Waals surface area contributed by atoms with E-state index in [1.165, 1.54) is 0 Å². The molecule has 0 aromatic heterocycles. The van der Waals surface area contributed by atoms with E-state index < -0.39 is 37.6 Å². The zero-order valence-electron chi connectivity index (χ0n) is 9.39. The van der Waals surface area contributed by atoms with Gasteiger partial charge in [-0.1, -0.05) is 0 Å². The van der Waals surface area contributed by atoms with Crippen molar-refractivity contribution < 1.29 is 72.7 Å². The number of benzene rings is 1. The van der Waals surface area contributed by atoms with Crippen LogP contribution in [0.5, 0.6) is 5.75 Å². The molecule has 0 aliphatic heterocycles. The summed E-state index contributed by atoms with van der Waals surface area (Å²) in [4.78, 5) is 27.7. The molecule has 10 nitrogen and oxygen atoms in total. The van der Waals surface area contributed by atoms with Gasteiger partial charge in [0.05, 0.1) is 14.8 Å². The number of aromatic hydroxyl groups is 1. The Morgan fingerprint density at radius 2 is 1.41 bits per heavy atom. The van der Waals surface area contributed by atoms with Gasteiger partial charge in [0.2, 0.25) is 5.75 Å². The average Bonchev–Trinajstić information content (AvgIpc) is 2.15. The van der Waals surface area contributed by atoms with Crippen molar-refractivity contribution in [2.45, 2.75) is 0 Å². The topological polar surface area (TPSA) is 150 Å². The van der Waals surface area contributed by atoms with Crippen LogP contribution in [0.4, 0.5) is 17.1 Å². The number of hydrogen-bond donors (Lipinski definition) is 1. The van der Waals surface area contributed by atoms with E-state index in [1.807, 2.05) is 0 Å². The van der Waals surface area contributed by atoms with Crippen LogP contribution in [0.2, 0.25) is 0 Å². The third-order valence-corrected chi connectivity index (χ3v) is 1.67. The van der Waals surface area contributed by atoms with Crippen molar-refractivity contribution in [1.29, 1.82) is 0 Å². The largest absolute Gasteiger partial charge is 1.00 e. The van der Waals surface area contributed by atoms with Crippen LogP contribution in [0.25, 0.3) is 0 Å². The fourth-order valence-corrected chi connectivity index (χ4v) is 1.07. The van der Waals surface area contributed by atoms with Gasteiger partial charge in [0.15, 0.2) is 0 Å². The zero-order valence-corrected chi connectivity index (χ0v) is 11.5. The number of hydrogen-bond acceptors (Lipinski definition) is 7. The van der Waals surface area contributed by atoms with Crippen LogP contribution in [0.3, 0.4) is 0 Å². The summed E-state index contributed by atoms with van der Waals surface area (Å²) in [5, 5.41) is 40.4. The molecule has 0 radical (unpaired) electrons. The van der Waals surface area contributed by atoms with Crippen molar-refractivity contribution in [2.75, 3.05) is 0 Å². The molecule has 0 amide bonds. The normalized spacial score (nSPS) is 9.18. The molecule has 0 spiro atoms. The van der Waals surface area contributed by atoms with Crippen LogP contribution in [0.1, 0.15) is 1.43 Å². The Kier molecular flexibility index (Phi) is 5.57. The van der Waals surface area contributed by atoms with E-state index in [2.05, 4.69) is 0 Å². The first-order valence-corrected chi connectivity index (χ1v) is 3.65. The van der Waals surface area contributed by atoms with E-state index in [4.69, 9.17) is 5.11 Å². The Balaban J connectivity index is 0. The molecular formula is C6H4KN3O7. The third-order valence-electron chi connectivity index (χ3n) is 1.67. The molecule has 0 aliphatic rings. The fraction of sp³-hybridized carbons (Fsp3) is 0. The van der Waals surface area contributed by atoms with Crippen molar-refractivity contribution in [1.82, 2.24) is 0 Å². The molecule has 1 rings (SSSR count). The van der Waals surface area contributed by atoms with E-state index in [1.54, 1.807) is 0 Å². The molecule has 0 aliphatic carbocycles. The Morgan fingerprint density at radius 3 is 1.76 bits per heavy atom. The molecule has 0 saturated heterocycles. The molecule has 1 N–H and O–H groups in total. The van der Waals surface area contributed by atoms with Gasteiger partial charge in [0.1, 0.15) is 0 Å². The number of phenols is 1. The summed E-state index contributed by atoms with van der Waals surface area (Å²) in [6.07, 6.45) is 0. The molecule has 0 heterocycles. The average molecular weight is 269 g/mol. The number of nitrogens with zero attached hydrogens (tertiary/aromatic N) is 3. The Labute approximate surface area is 137 Å².